The average molecular weight is 267 g/mol. The molecule has 5 heteroatoms. The maximum Gasteiger partial charge on any atom is 0.256 e. The smallest absolute Gasteiger partial charge is 0.256 e. The van der Waals surface area contributed by atoms with Gasteiger partial charge in [-0.3, -0.25) is 10.1 Å². The van der Waals surface area contributed by atoms with Crippen LogP contribution in [0.1, 0.15) is 25.7 Å². The Morgan fingerprint density at radius 2 is 2.11 bits per heavy atom. The van der Waals surface area contributed by atoms with E-state index in [9.17, 15) is 15.2 Å². The van der Waals surface area contributed by atoms with Crippen LogP contribution < -0.4 is 0 Å². The first-order chi connectivity index (χ1) is 8.69. The Morgan fingerprint density at radius 3 is 2.72 bits per heavy atom. The van der Waals surface area contributed by atoms with Gasteiger partial charge in [-0.05, 0) is 25.0 Å². The van der Waals surface area contributed by atoms with Gasteiger partial charge in [0.1, 0.15) is 6.61 Å². The first-order valence-electron chi connectivity index (χ1n) is 6.16. The van der Waals surface area contributed by atoms with Crippen molar-refractivity contribution in [3.8, 4) is 0 Å². The molecular formula is C13H17NO3S. The van der Waals surface area contributed by atoms with E-state index in [1.807, 2.05) is 30.3 Å². The number of hydrogen-bond donors (Lipinski definition) is 1. The molecule has 2 rings (SSSR count). The molecule has 0 bridgehead atoms. The molecule has 1 aliphatic carbocycles. The van der Waals surface area contributed by atoms with Crippen LogP contribution in [-0.4, -0.2) is 27.4 Å². The summed E-state index contributed by atoms with van der Waals surface area (Å²) in [6.45, 7) is -0.371. The molecule has 2 atom stereocenters. The zero-order chi connectivity index (χ0) is 13.0. The van der Waals surface area contributed by atoms with Crippen LogP contribution in [0.4, 0.5) is 0 Å². The van der Waals surface area contributed by atoms with E-state index in [2.05, 4.69) is 0 Å². The van der Waals surface area contributed by atoms with Crippen molar-refractivity contribution in [3.63, 3.8) is 0 Å². The standard InChI is InChI=1S/C13H17NO3S/c15-10-13(14(16)17)9-5-4-8-12(13)18-11-6-2-1-3-7-11/h1-3,6-7,12,15H,4-5,8-10H2. The summed E-state index contributed by atoms with van der Waals surface area (Å²) in [6.07, 6.45) is 3.09. The fourth-order valence-electron chi connectivity index (χ4n) is 2.47. The SMILES string of the molecule is O=[N+]([O-])C1(CO)CCCCC1Sc1ccccc1. The number of thioether (sulfide) groups is 1. The molecule has 18 heavy (non-hydrogen) atoms. The Bertz CT molecular complexity index is 412. The van der Waals surface area contributed by atoms with Crippen LogP contribution in [0.5, 0.6) is 0 Å². The Kier molecular flexibility index (Phi) is 4.24. The molecule has 0 spiro atoms. The average Bonchev–Trinajstić information content (AvgIpc) is 2.40. The number of hydrogen-bond acceptors (Lipinski definition) is 4. The Labute approximate surface area is 111 Å². The van der Waals surface area contributed by atoms with Crippen LogP contribution in [0.15, 0.2) is 35.2 Å². The molecule has 0 aliphatic heterocycles. The predicted octanol–water partition coefficient (Wildman–Crippen LogP) is 2.73. The third-order valence-electron chi connectivity index (χ3n) is 3.58. The molecule has 1 aliphatic rings. The summed E-state index contributed by atoms with van der Waals surface area (Å²) in [6, 6.07) is 9.70. The van der Waals surface area contributed by atoms with Crippen LogP contribution in [0.3, 0.4) is 0 Å². The summed E-state index contributed by atoms with van der Waals surface area (Å²) in [5, 5.41) is 20.7. The number of nitrogens with zero attached hydrogens (tertiary/aromatic N) is 1. The number of benzene rings is 1. The van der Waals surface area contributed by atoms with E-state index in [0.29, 0.717) is 6.42 Å². The molecule has 98 valence electrons. The van der Waals surface area contributed by atoms with Crippen LogP contribution >= 0.6 is 11.8 Å². The second kappa shape index (κ2) is 5.71. The maximum absolute atomic E-state index is 11.3. The van der Waals surface area contributed by atoms with E-state index in [1.54, 1.807) is 0 Å². The zero-order valence-corrected chi connectivity index (χ0v) is 10.9. The van der Waals surface area contributed by atoms with Gasteiger partial charge in [0.25, 0.3) is 5.54 Å². The number of nitro groups is 1. The molecule has 0 radical (unpaired) electrons. The Balaban J connectivity index is 2.20. The Morgan fingerprint density at radius 1 is 1.39 bits per heavy atom. The van der Waals surface area contributed by atoms with Crippen LogP contribution in [0, 0.1) is 10.1 Å². The van der Waals surface area contributed by atoms with Gasteiger partial charge in [-0.15, -0.1) is 11.8 Å². The molecule has 1 saturated carbocycles. The lowest BCUT2D eigenvalue weighted by Gasteiger charge is -2.34. The highest BCUT2D eigenvalue weighted by atomic mass is 32.2. The van der Waals surface area contributed by atoms with Gasteiger partial charge < -0.3 is 5.11 Å². The second-order valence-electron chi connectivity index (χ2n) is 4.68. The van der Waals surface area contributed by atoms with Gasteiger partial charge in [0.05, 0.1) is 5.25 Å². The first kappa shape index (κ1) is 13.4. The van der Waals surface area contributed by atoms with Crippen molar-refractivity contribution in [1.82, 2.24) is 0 Å². The highest BCUT2D eigenvalue weighted by molar-refractivity contribution is 8.00. The summed E-state index contributed by atoms with van der Waals surface area (Å²) in [7, 11) is 0. The maximum atomic E-state index is 11.3. The van der Waals surface area contributed by atoms with Crippen LogP contribution in [-0.2, 0) is 0 Å². The lowest BCUT2D eigenvalue weighted by Crippen LogP contribution is -2.52. The van der Waals surface area contributed by atoms with Gasteiger partial charge in [-0.25, -0.2) is 0 Å². The summed E-state index contributed by atoms with van der Waals surface area (Å²) < 4.78 is 0. The van der Waals surface area contributed by atoms with Crippen molar-refractivity contribution in [2.24, 2.45) is 0 Å². The van der Waals surface area contributed by atoms with Gasteiger partial charge in [-0.1, -0.05) is 24.6 Å². The monoisotopic (exact) mass is 267 g/mol. The van der Waals surface area contributed by atoms with Gasteiger partial charge in [-0.2, -0.15) is 0 Å². The van der Waals surface area contributed by atoms with Gasteiger partial charge in [0.2, 0.25) is 0 Å². The molecular weight excluding hydrogens is 250 g/mol. The van der Waals surface area contributed by atoms with Crippen LogP contribution in [0.25, 0.3) is 0 Å². The minimum atomic E-state index is -1.17. The Hall–Kier alpha value is -1.07. The topological polar surface area (TPSA) is 63.4 Å². The third kappa shape index (κ3) is 2.52. The molecule has 0 aromatic heterocycles. The number of aliphatic hydroxyl groups is 1. The quantitative estimate of drug-likeness (QED) is 0.673. The molecule has 1 N–H and O–H groups in total. The fraction of sp³-hybridized carbons (Fsp3) is 0.538. The van der Waals surface area contributed by atoms with Gasteiger partial charge in [0, 0.05) is 16.2 Å². The van der Waals surface area contributed by atoms with Gasteiger partial charge >= 0.3 is 0 Å². The highest BCUT2D eigenvalue weighted by Gasteiger charge is 2.51. The molecule has 2 unspecified atom stereocenters. The number of rotatable bonds is 4. The minimum Gasteiger partial charge on any atom is -0.389 e. The molecule has 0 heterocycles. The van der Waals surface area contributed by atoms with E-state index in [1.165, 1.54) is 11.8 Å². The molecule has 1 aromatic rings. The summed E-state index contributed by atoms with van der Waals surface area (Å²) in [5.74, 6) is 0. The van der Waals surface area contributed by atoms with Crippen molar-refractivity contribution in [3.05, 3.63) is 40.4 Å². The molecule has 0 amide bonds. The summed E-state index contributed by atoms with van der Waals surface area (Å²) in [5.41, 5.74) is -1.17. The predicted molar refractivity (Wildman–Crippen MR) is 71.4 cm³/mol. The zero-order valence-electron chi connectivity index (χ0n) is 10.1. The van der Waals surface area contributed by atoms with Crippen molar-refractivity contribution in [2.45, 2.75) is 41.4 Å². The number of aliphatic hydroxyl groups excluding tert-OH is 1. The third-order valence-corrected chi connectivity index (χ3v) is 5.09. The van der Waals surface area contributed by atoms with Crippen LogP contribution in [0.2, 0.25) is 0 Å². The van der Waals surface area contributed by atoms with E-state index >= 15 is 0 Å². The molecule has 4 nitrogen and oxygen atoms in total. The van der Waals surface area contributed by atoms with E-state index in [4.69, 9.17) is 0 Å². The molecule has 0 saturated heterocycles. The van der Waals surface area contributed by atoms with E-state index in [-0.39, 0.29) is 16.8 Å². The lowest BCUT2D eigenvalue weighted by molar-refractivity contribution is -0.576. The summed E-state index contributed by atoms with van der Waals surface area (Å²) in [4.78, 5) is 12.1. The summed E-state index contributed by atoms with van der Waals surface area (Å²) >= 11 is 1.52. The largest absolute Gasteiger partial charge is 0.389 e. The van der Waals surface area contributed by atoms with Crippen molar-refractivity contribution in [2.75, 3.05) is 6.61 Å². The van der Waals surface area contributed by atoms with Crippen molar-refractivity contribution in [1.29, 1.82) is 0 Å². The minimum absolute atomic E-state index is 0.145. The molecule has 1 aromatic carbocycles. The van der Waals surface area contributed by atoms with E-state index < -0.39 is 5.54 Å². The van der Waals surface area contributed by atoms with Crippen molar-refractivity contribution < 1.29 is 10.0 Å². The van der Waals surface area contributed by atoms with E-state index in [0.717, 1.165) is 24.2 Å². The second-order valence-corrected chi connectivity index (χ2v) is 5.96. The fourth-order valence-corrected chi connectivity index (χ4v) is 3.90. The molecule has 1 fully saturated rings. The highest BCUT2D eigenvalue weighted by Crippen LogP contribution is 2.41. The van der Waals surface area contributed by atoms with Gasteiger partial charge in [0.15, 0.2) is 0 Å². The normalized spacial score (nSPS) is 27.9. The first-order valence-corrected chi connectivity index (χ1v) is 7.04. The van der Waals surface area contributed by atoms with Crippen molar-refractivity contribution >= 4 is 11.8 Å². The lowest BCUT2D eigenvalue weighted by atomic mass is 9.82.